The van der Waals surface area contributed by atoms with Crippen LogP contribution in [0.15, 0.2) is 97.1 Å². The van der Waals surface area contributed by atoms with E-state index in [0.29, 0.717) is 22.6 Å². The molecular formula is C35H30F2N4O2S. The molecule has 0 bridgehead atoms. The van der Waals surface area contributed by atoms with Crippen LogP contribution in [0.25, 0.3) is 16.9 Å². The Morgan fingerprint density at radius 3 is 2.41 bits per heavy atom. The lowest BCUT2D eigenvalue weighted by Crippen LogP contribution is -2.42. The Labute approximate surface area is 258 Å². The molecule has 2 heterocycles. The average molecular weight is 609 g/mol. The molecule has 6 nitrogen and oxygen atoms in total. The smallest absolute Gasteiger partial charge is 0.240 e. The van der Waals surface area contributed by atoms with Crippen LogP contribution in [0.3, 0.4) is 0 Å². The quantitative estimate of drug-likeness (QED) is 0.218. The third-order valence-electron chi connectivity index (χ3n) is 7.61. The number of aryl methyl sites for hydroxylation is 2. The standard InChI is InChI=1S/C35H30F2N4O2S/c1-22-12-17-29(23(2)18-22)41-35-32(33(39-41)25-8-4-3-5-9-25)34(27-10-6-7-11-28(27)37)44-21-31(43)40(35)20-30(42)38-19-24-13-15-26(36)16-14-24/h3-18,34H,19-21H2,1-2H3,(H,38,42). The summed E-state index contributed by atoms with van der Waals surface area (Å²) in [6, 6.07) is 28.0. The summed E-state index contributed by atoms with van der Waals surface area (Å²) in [7, 11) is 0. The highest BCUT2D eigenvalue weighted by Crippen LogP contribution is 2.49. The van der Waals surface area contributed by atoms with E-state index in [1.807, 2.05) is 62.4 Å². The second-order valence-corrected chi connectivity index (χ2v) is 11.8. The predicted octanol–water partition coefficient (Wildman–Crippen LogP) is 6.92. The second kappa shape index (κ2) is 12.5. The van der Waals surface area contributed by atoms with Crippen LogP contribution < -0.4 is 10.2 Å². The molecule has 0 saturated heterocycles. The lowest BCUT2D eigenvalue weighted by Gasteiger charge is -2.24. The molecule has 44 heavy (non-hydrogen) atoms. The van der Waals surface area contributed by atoms with E-state index in [2.05, 4.69) is 5.32 Å². The molecule has 4 aromatic carbocycles. The predicted molar refractivity (Wildman–Crippen MR) is 170 cm³/mol. The van der Waals surface area contributed by atoms with E-state index in [1.54, 1.807) is 35.0 Å². The highest BCUT2D eigenvalue weighted by molar-refractivity contribution is 8.00. The van der Waals surface area contributed by atoms with Crippen LogP contribution in [0, 0.1) is 25.5 Å². The zero-order valence-electron chi connectivity index (χ0n) is 24.3. The lowest BCUT2D eigenvalue weighted by atomic mass is 9.99. The number of carbonyl (C=O) groups excluding carboxylic acids is 2. The van der Waals surface area contributed by atoms with Gasteiger partial charge in [-0.25, -0.2) is 13.5 Å². The van der Waals surface area contributed by atoms with E-state index in [4.69, 9.17) is 5.10 Å². The summed E-state index contributed by atoms with van der Waals surface area (Å²) in [5.74, 6) is -0.975. The Hall–Kier alpha value is -4.76. The van der Waals surface area contributed by atoms with Gasteiger partial charge in [-0.2, -0.15) is 5.10 Å². The number of halogens is 2. The Morgan fingerprint density at radius 1 is 0.955 bits per heavy atom. The van der Waals surface area contributed by atoms with Crippen molar-refractivity contribution in [1.82, 2.24) is 15.1 Å². The molecular weight excluding hydrogens is 578 g/mol. The largest absolute Gasteiger partial charge is 0.350 e. The van der Waals surface area contributed by atoms with Gasteiger partial charge in [0.2, 0.25) is 11.8 Å². The number of rotatable bonds is 7. The molecule has 1 aliphatic heterocycles. The molecule has 0 spiro atoms. The van der Waals surface area contributed by atoms with Gasteiger partial charge in [0.15, 0.2) is 0 Å². The van der Waals surface area contributed by atoms with Gasteiger partial charge in [0.25, 0.3) is 0 Å². The summed E-state index contributed by atoms with van der Waals surface area (Å²) >= 11 is 1.32. The molecule has 9 heteroatoms. The van der Waals surface area contributed by atoms with Gasteiger partial charge in [0.05, 0.1) is 22.4 Å². The minimum Gasteiger partial charge on any atom is -0.350 e. The first-order chi connectivity index (χ1) is 21.3. The van der Waals surface area contributed by atoms with Gasteiger partial charge in [0, 0.05) is 23.2 Å². The molecule has 6 rings (SSSR count). The molecule has 1 aromatic heterocycles. The number of nitrogens with zero attached hydrogens (tertiary/aromatic N) is 3. The van der Waals surface area contributed by atoms with Crippen LogP contribution in [0.1, 0.15) is 33.1 Å². The lowest BCUT2D eigenvalue weighted by molar-refractivity contribution is -0.123. The molecule has 1 unspecified atom stereocenters. The first-order valence-corrected chi connectivity index (χ1v) is 15.3. The minimum absolute atomic E-state index is 0.0278. The molecule has 0 fully saturated rings. The fourth-order valence-corrected chi connectivity index (χ4v) is 6.69. The van der Waals surface area contributed by atoms with Crippen molar-refractivity contribution in [3.05, 3.63) is 137 Å². The SMILES string of the molecule is Cc1ccc(-n2nc(-c3ccccc3)c3c2N(CC(=O)NCc2ccc(F)cc2)C(=O)CSC3c2ccccc2F)c(C)c1. The summed E-state index contributed by atoms with van der Waals surface area (Å²) in [5.41, 5.74) is 5.98. The van der Waals surface area contributed by atoms with Gasteiger partial charge in [0.1, 0.15) is 24.0 Å². The van der Waals surface area contributed by atoms with Gasteiger partial charge in [-0.1, -0.05) is 78.4 Å². The van der Waals surface area contributed by atoms with Crippen LogP contribution in [-0.4, -0.2) is 33.9 Å². The van der Waals surface area contributed by atoms with Gasteiger partial charge >= 0.3 is 0 Å². The van der Waals surface area contributed by atoms with Crippen molar-refractivity contribution >= 4 is 29.4 Å². The molecule has 5 aromatic rings. The van der Waals surface area contributed by atoms with E-state index in [9.17, 15) is 14.0 Å². The number of thioether (sulfide) groups is 1. The molecule has 0 radical (unpaired) electrons. The number of fused-ring (bicyclic) bond motifs is 1. The number of amides is 2. The molecule has 0 aliphatic carbocycles. The van der Waals surface area contributed by atoms with Gasteiger partial charge < -0.3 is 5.32 Å². The number of aromatic nitrogens is 2. The maximum Gasteiger partial charge on any atom is 0.240 e. The van der Waals surface area contributed by atoms with Crippen molar-refractivity contribution in [3.63, 3.8) is 0 Å². The Balaban J connectivity index is 1.53. The highest BCUT2D eigenvalue weighted by Gasteiger charge is 2.38. The van der Waals surface area contributed by atoms with Crippen molar-refractivity contribution in [3.8, 4) is 16.9 Å². The summed E-state index contributed by atoms with van der Waals surface area (Å²) in [6.45, 7) is 3.87. The Morgan fingerprint density at radius 2 is 1.68 bits per heavy atom. The summed E-state index contributed by atoms with van der Waals surface area (Å²) < 4.78 is 30.5. The fraction of sp³-hybridized carbons (Fsp3) is 0.171. The summed E-state index contributed by atoms with van der Waals surface area (Å²) in [6.07, 6.45) is 0. The highest BCUT2D eigenvalue weighted by atomic mass is 32.2. The maximum atomic E-state index is 15.4. The topological polar surface area (TPSA) is 67.2 Å². The average Bonchev–Trinajstić information content (AvgIpc) is 3.34. The van der Waals surface area contributed by atoms with E-state index in [-0.39, 0.29) is 36.4 Å². The third kappa shape index (κ3) is 5.88. The fourth-order valence-electron chi connectivity index (χ4n) is 5.48. The molecule has 1 N–H and O–H groups in total. The van der Waals surface area contributed by atoms with Crippen LogP contribution in [0.2, 0.25) is 0 Å². The molecule has 0 saturated carbocycles. The molecule has 1 atom stereocenters. The van der Waals surface area contributed by atoms with Crippen molar-refractivity contribution in [1.29, 1.82) is 0 Å². The van der Waals surface area contributed by atoms with Gasteiger partial charge in [-0.05, 0) is 49.2 Å². The van der Waals surface area contributed by atoms with Crippen molar-refractivity contribution in [2.24, 2.45) is 0 Å². The summed E-state index contributed by atoms with van der Waals surface area (Å²) in [4.78, 5) is 28.7. The number of hydrogen-bond acceptors (Lipinski definition) is 4. The number of hydrogen-bond donors (Lipinski definition) is 1. The number of anilines is 1. The molecule has 2 amide bonds. The first kappa shape index (κ1) is 29.3. The van der Waals surface area contributed by atoms with E-state index >= 15 is 4.39 Å². The summed E-state index contributed by atoms with van der Waals surface area (Å²) in [5, 5.41) is 7.37. The van der Waals surface area contributed by atoms with Gasteiger partial charge in [-0.3, -0.25) is 14.5 Å². The normalized spacial score (nSPS) is 14.7. The van der Waals surface area contributed by atoms with Crippen LogP contribution in [0.5, 0.6) is 0 Å². The van der Waals surface area contributed by atoms with Crippen LogP contribution in [0.4, 0.5) is 14.6 Å². The second-order valence-electron chi connectivity index (χ2n) is 10.7. The van der Waals surface area contributed by atoms with E-state index in [0.717, 1.165) is 27.9 Å². The maximum absolute atomic E-state index is 15.4. The molecule has 222 valence electrons. The zero-order chi connectivity index (χ0) is 30.8. The monoisotopic (exact) mass is 608 g/mol. The van der Waals surface area contributed by atoms with Crippen molar-refractivity contribution in [2.75, 3.05) is 17.2 Å². The van der Waals surface area contributed by atoms with E-state index in [1.165, 1.54) is 34.9 Å². The minimum atomic E-state index is -0.572. The number of carbonyl (C=O) groups is 2. The van der Waals surface area contributed by atoms with E-state index < -0.39 is 11.2 Å². The van der Waals surface area contributed by atoms with Crippen LogP contribution in [-0.2, 0) is 16.1 Å². The third-order valence-corrected chi connectivity index (χ3v) is 8.85. The number of benzene rings is 4. The van der Waals surface area contributed by atoms with Crippen molar-refractivity contribution < 1.29 is 18.4 Å². The Kier molecular flexibility index (Phi) is 8.30. The Bertz CT molecular complexity index is 1840. The number of nitrogens with one attached hydrogen (secondary N) is 1. The van der Waals surface area contributed by atoms with Crippen molar-refractivity contribution in [2.45, 2.75) is 25.6 Å². The zero-order valence-corrected chi connectivity index (χ0v) is 25.1. The van der Waals surface area contributed by atoms with Gasteiger partial charge in [-0.15, -0.1) is 11.8 Å². The van der Waals surface area contributed by atoms with Crippen LogP contribution >= 0.6 is 11.8 Å². The first-order valence-electron chi connectivity index (χ1n) is 14.2. The molecule has 1 aliphatic rings.